The maximum absolute atomic E-state index is 13.7. The van der Waals surface area contributed by atoms with Crippen LogP contribution in [-0.2, 0) is 9.16 Å². The predicted octanol–water partition coefficient (Wildman–Crippen LogP) is 9.58. The second-order valence-corrected chi connectivity index (χ2v) is 33.4. The number of hydrogen-bond acceptors (Lipinski definition) is 3. The third kappa shape index (κ3) is 16.6. The van der Waals surface area contributed by atoms with Gasteiger partial charge in [0.05, 0.1) is 0 Å². The summed E-state index contributed by atoms with van der Waals surface area (Å²) >= 11 is -2.64. The molecule has 0 spiro atoms. The average molecular weight is 785 g/mol. The van der Waals surface area contributed by atoms with Crippen LogP contribution in [-0.4, -0.2) is 77.1 Å². The standard InChI is InChI=1S/C24H37NO3SeSi.3C4H9.Sn/c1-11-19(28-30(23(5,6)7)24(8,9)10)17-25(21(26)27-22(2,3)4)18-29-20-15-13-12-14-16-20;3*1-3-4-2;/h12-16,19H,17-18H2,2-10H3;3*1,3-4H2,2H3;. The molecule has 1 unspecified atom stereocenters. The minimum atomic E-state index is -2.74. The molecule has 43 heavy (non-hydrogen) atoms. The van der Waals surface area contributed by atoms with Crippen LogP contribution >= 0.6 is 0 Å². The SMILES string of the molecule is CCC[CH2][Sn]([C]#CC(CN(C[Se]c1ccccc1)C(=O)OC(C)(C)C)O[Si](C(C)(C)C)C(C)(C)C)([CH2]CCC)[CH2]CCC. The monoisotopic (exact) mass is 786 g/mol. The van der Waals surface area contributed by atoms with Crippen molar-refractivity contribution in [2.75, 3.05) is 12.0 Å². The maximum atomic E-state index is 13.7. The molecular formula is C36H64NO3SeSiSn. The van der Waals surface area contributed by atoms with Crippen LogP contribution < -0.4 is 4.46 Å². The fourth-order valence-corrected chi connectivity index (χ4v) is 24.0. The van der Waals surface area contributed by atoms with Gasteiger partial charge in [0.2, 0.25) is 0 Å². The molecule has 4 nitrogen and oxygen atoms in total. The van der Waals surface area contributed by atoms with Gasteiger partial charge in [-0.3, -0.25) is 0 Å². The third-order valence-electron chi connectivity index (χ3n) is 7.32. The molecule has 1 atom stereocenters. The first-order valence-corrected chi connectivity index (χ1v) is 27.6. The van der Waals surface area contributed by atoms with Crippen molar-refractivity contribution in [1.29, 1.82) is 0 Å². The van der Waals surface area contributed by atoms with Gasteiger partial charge in [0, 0.05) is 0 Å². The minimum absolute atomic E-state index is 0.0283. The van der Waals surface area contributed by atoms with Crippen molar-refractivity contribution in [1.82, 2.24) is 4.90 Å². The number of ether oxygens (including phenoxy) is 1. The summed E-state index contributed by atoms with van der Waals surface area (Å²) in [5, 5.41) is 0.0567. The van der Waals surface area contributed by atoms with E-state index in [2.05, 4.69) is 96.4 Å². The van der Waals surface area contributed by atoms with E-state index in [1.54, 1.807) is 0 Å². The molecule has 1 aromatic carbocycles. The van der Waals surface area contributed by atoms with Crippen LogP contribution in [0.1, 0.15) is 122 Å². The average Bonchev–Trinajstić information content (AvgIpc) is 2.90. The molecule has 0 fully saturated rings. The first-order chi connectivity index (χ1) is 20.0. The van der Waals surface area contributed by atoms with Crippen LogP contribution in [0, 0.1) is 9.86 Å². The second-order valence-electron chi connectivity index (χ2n) is 15.1. The molecule has 0 aliphatic rings. The van der Waals surface area contributed by atoms with Gasteiger partial charge in [0.15, 0.2) is 0 Å². The zero-order valence-electron chi connectivity index (χ0n) is 29.8. The third-order valence-corrected chi connectivity index (χ3v) is 25.9. The van der Waals surface area contributed by atoms with Crippen molar-refractivity contribution < 1.29 is 14.0 Å². The number of unbranched alkanes of at least 4 members (excludes halogenated alkanes) is 3. The Balaban J connectivity index is 3.62. The second kappa shape index (κ2) is 19.3. The molecule has 7 heteroatoms. The van der Waals surface area contributed by atoms with E-state index in [1.165, 1.54) is 56.3 Å². The van der Waals surface area contributed by atoms with Crippen molar-refractivity contribution in [3.63, 3.8) is 0 Å². The molecule has 0 saturated heterocycles. The van der Waals surface area contributed by atoms with Crippen molar-refractivity contribution >= 4 is 52.9 Å². The summed E-state index contributed by atoms with van der Waals surface area (Å²) in [5.74, 6) is 3.81. The summed E-state index contributed by atoms with van der Waals surface area (Å²) < 4.78 is 22.5. The molecule has 0 aliphatic carbocycles. The Morgan fingerprint density at radius 3 is 1.77 bits per heavy atom. The number of carbonyl (C=O) groups is 1. The first kappa shape index (κ1) is 40.6. The van der Waals surface area contributed by atoms with E-state index < -0.39 is 33.0 Å². The van der Waals surface area contributed by atoms with Crippen LogP contribution in [0.4, 0.5) is 4.79 Å². The molecule has 245 valence electrons. The number of carbonyl (C=O) groups excluding carboxylic acids is 1. The topological polar surface area (TPSA) is 38.8 Å². The number of rotatable bonds is 16. The van der Waals surface area contributed by atoms with Crippen molar-refractivity contribution in [3.05, 3.63) is 30.3 Å². The Bertz CT molecular complexity index is 952. The summed E-state index contributed by atoms with van der Waals surface area (Å²) in [6.45, 7) is 27.0. The van der Waals surface area contributed by atoms with E-state index in [4.69, 9.17) is 9.16 Å². The van der Waals surface area contributed by atoms with Gasteiger partial charge in [0.1, 0.15) is 0 Å². The normalized spacial score (nSPS) is 13.4. The van der Waals surface area contributed by atoms with Gasteiger partial charge in [-0.25, -0.2) is 0 Å². The molecule has 1 radical (unpaired) electrons. The van der Waals surface area contributed by atoms with Gasteiger partial charge < -0.3 is 0 Å². The van der Waals surface area contributed by atoms with E-state index >= 15 is 0 Å². The van der Waals surface area contributed by atoms with Gasteiger partial charge in [-0.15, -0.1) is 0 Å². The van der Waals surface area contributed by atoms with Crippen LogP contribution in [0.15, 0.2) is 30.3 Å². The van der Waals surface area contributed by atoms with Crippen molar-refractivity contribution in [2.24, 2.45) is 0 Å². The molecule has 0 aromatic heterocycles. The molecule has 0 heterocycles. The molecule has 0 bridgehead atoms. The Kier molecular flexibility index (Phi) is 18.2. The molecule has 0 saturated carbocycles. The Labute approximate surface area is 279 Å². The molecule has 1 aromatic rings. The molecular weight excluding hydrogens is 720 g/mol. The molecule has 0 aliphatic heterocycles. The number of hydrogen-bond donors (Lipinski definition) is 0. The van der Waals surface area contributed by atoms with Crippen molar-refractivity contribution in [3.8, 4) is 9.86 Å². The van der Waals surface area contributed by atoms with Crippen LogP contribution in [0.25, 0.3) is 0 Å². The fourth-order valence-electron chi connectivity index (χ4n) is 5.45. The Hall–Kier alpha value is -0.455. The van der Waals surface area contributed by atoms with Crippen LogP contribution in [0.2, 0.25) is 23.4 Å². The van der Waals surface area contributed by atoms with Gasteiger partial charge in [-0.2, -0.15) is 0 Å². The number of benzene rings is 1. The quantitative estimate of drug-likeness (QED) is 0.124. The van der Waals surface area contributed by atoms with Gasteiger partial charge in [-0.05, 0) is 0 Å². The number of nitrogens with zero attached hydrogens (tertiary/aromatic N) is 1. The van der Waals surface area contributed by atoms with Gasteiger partial charge in [-0.1, -0.05) is 0 Å². The fraction of sp³-hybridized carbons (Fsp3) is 0.750. The van der Waals surface area contributed by atoms with Crippen molar-refractivity contribution in [2.45, 2.75) is 157 Å². The zero-order chi connectivity index (χ0) is 32.7. The first-order valence-electron chi connectivity index (χ1n) is 16.7. The number of amides is 1. The summed E-state index contributed by atoms with van der Waals surface area (Å²) in [5.41, 5.74) is 0.0749. The van der Waals surface area contributed by atoms with Crippen LogP contribution in [0.5, 0.6) is 0 Å². The van der Waals surface area contributed by atoms with E-state index in [-0.39, 0.29) is 37.2 Å². The van der Waals surface area contributed by atoms with E-state index in [0.29, 0.717) is 12.0 Å². The molecule has 0 N–H and O–H groups in total. The zero-order valence-corrected chi connectivity index (χ0v) is 35.4. The summed E-state index contributed by atoms with van der Waals surface area (Å²) in [7, 11) is -1.32. The summed E-state index contributed by atoms with van der Waals surface area (Å²) in [4.78, 5) is 15.5. The summed E-state index contributed by atoms with van der Waals surface area (Å²) in [6, 6.07) is 10.5. The van der Waals surface area contributed by atoms with Crippen LogP contribution in [0.3, 0.4) is 0 Å². The van der Waals surface area contributed by atoms with E-state index in [1.807, 2.05) is 31.7 Å². The predicted molar refractivity (Wildman–Crippen MR) is 192 cm³/mol. The van der Waals surface area contributed by atoms with E-state index in [0.717, 1.165) is 0 Å². The Morgan fingerprint density at radius 2 is 1.35 bits per heavy atom. The summed E-state index contributed by atoms with van der Waals surface area (Å²) in [6.07, 6.45) is 6.96. The van der Waals surface area contributed by atoms with Gasteiger partial charge in [0.25, 0.3) is 0 Å². The Morgan fingerprint density at radius 1 is 0.860 bits per heavy atom. The molecule has 1 rings (SSSR count). The molecule has 1 amide bonds. The van der Waals surface area contributed by atoms with E-state index in [9.17, 15) is 4.79 Å². The van der Waals surface area contributed by atoms with Gasteiger partial charge >= 0.3 is 281 Å².